The van der Waals surface area contributed by atoms with Crippen molar-refractivity contribution in [1.29, 1.82) is 0 Å². The molecule has 30 heavy (non-hydrogen) atoms. The number of hydrogen-bond acceptors (Lipinski definition) is 4. The maximum absolute atomic E-state index is 12.9. The molecule has 0 atom stereocenters. The highest BCUT2D eigenvalue weighted by atomic mass is 127. The van der Waals surface area contributed by atoms with Crippen LogP contribution in [-0.4, -0.2) is 25.1 Å². The average Bonchev–Trinajstić information content (AvgIpc) is 2.76. The molecule has 3 aromatic rings. The van der Waals surface area contributed by atoms with Gasteiger partial charge in [-0.1, -0.05) is 18.2 Å². The van der Waals surface area contributed by atoms with Crippen molar-refractivity contribution in [2.75, 3.05) is 14.2 Å². The third kappa shape index (κ3) is 7.18. The molecule has 0 saturated heterocycles. The number of nitrogens with one attached hydrogen (secondary N) is 2. The molecule has 2 aromatic carbocycles. The standard InChI is InChI=1S/C22H23FN4O2.HI/c1-24-22(26-13-16-4-3-5-20(12-16)28-2)27-15-17-6-11-21(25-14-17)29-19-9-7-18(23)8-10-19;/h3-12,14H,13,15H2,1-2H3,(H2,24,26,27);1H. The highest BCUT2D eigenvalue weighted by molar-refractivity contribution is 14.0. The second-order valence-corrected chi connectivity index (χ2v) is 6.19. The van der Waals surface area contributed by atoms with Gasteiger partial charge in [0.05, 0.1) is 7.11 Å². The first-order valence-corrected chi connectivity index (χ1v) is 9.12. The van der Waals surface area contributed by atoms with Crippen LogP contribution >= 0.6 is 24.0 Å². The largest absolute Gasteiger partial charge is 0.497 e. The topological polar surface area (TPSA) is 67.8 Å². The molecule has 0 aliphatic carbocycles. The van der Waals surface area contributed by atoms with Crippen molar-refractivity contribution in [3.63, 3.8) is 0 Å². The van der Waals surface area contributed by atoms with Gasteiger partial charge in [-0.25, -0.2) is 9.37 Å². The predicted molar refractivity (Wildman–Crippen MR) is 126 cm³/mol. The number of methoxy groups -OCH3 is 1. The Morgan fingerprint density at radius 2 is 1.70 bits per heavy atom. The zero-order valence-electron chi connectivity index (χ0n) is 16.8. The van der Waals surface area contributed by atoms with E-state index in [1.165, 1.54) is 12.1 Å². The van der Waals surface area contributed by atoms with Crippen LogP contribution in [0.1, 0.15) is 11.1 Å². The van der Waals surface area contributed by atoms with Gasteiger partial charge in [-0.15, -0.1) is 24.0 Å². The van der Waals surface area contributed by atoms with Gasteiger partial charge < -0.3 is 20.1 Å². The lowest BCUT2D eigenvalue weighted by molar-refractivity contribution is 0.414. The Morgan fingerprint density at radius 1 is 0.967 bits per heavy atom. The van der Waals surface area contributed by atoms with Crippen LogP contribution < -0.4 is 20.1 Å². The molecule has 0 fully saturated rings. The summed E-state index contributed by atoms with van der Waals surface area (Å²) in [7, 11) is 3.37. The minimum Gasteiger partial charge on any atom is -0.497 e. The molecule has 0 spiro atoms. The summed E-state index contributed by atoms with van der Waals surface area (Å²) in [5.41, 5.74) is 2.07. The molecular weight excluding hydrogens is 498 g/mol. The first kappa shape index (κ1) is 23.4. The van der Waals surface area contributed by atoms with Gasteiger partial charge in [0.2, 0.25) is 5.88 Å². The summed E-state index contributed by atoms with van der Waals surface area (Å²) in [6.07, 6.45) is 1.72. The van der Waals surface area contributed by atoms with Gasteiger partial charge in [0.25, 0.3) is 0 Å². The normalized spacial score (nSPS) is 10.7. The van der Waals surface area contributed by atoms with Crippen LogP contribution in [0.3, 0.4) is 0 Å². The lowest BCUT2D eigenvalue weighted by Crippen LogP contribution is -2.36. The summed E-state index contributed by atoms with van der Waals surface area (Å²) >= 11 is 0. The molecule has 0 radical (unpaired) electrons. The zero-order chi connectivity index (χ0) is 20.5. The van der Waals surface area contributed by atoms with E-state index in [2.05, 4.69) is 20.6 Å². The van der Waals surface area contributed by atoms with Crippen molar-refractivity contribution >= 4 is 29.9 Å². The number of nitrogens with zero attached hydrogens (tertiary/aromatic N) is 2. The van der Waals surface area contributed by atoms with Crippen molar-refractivity contribution in [1.82, 2.24) is 15.6 Å². The van der Waals surface area contributed by atoms with Gasteiger partial charge in [0.15, 0.2) is 5.96 Å². The third-order valence-corrected chi connectivity index (χ3v) is 4.11. The minimum absolute atomic E-state index is 0. The lowest BCUT2D eigenvalue weighted by Gasteiger charge is -2.12. The van der Waals surface area contributed by atoms with Crippen molar-refractivity contribution in [3.8, 4) is 17.4 Å². The van der Waals surface area contributed by atoms with Gasteiger partial charge in [-0.2, -0.15) is 0 Å². The number of rotatable bonds is 7. The number of pyridine rings is 1. The van der Waals surface area contributed by atoms with Crippen molar-refractivity contribution < 1.29 is 13.9 Å². The fraction of sp³-hybridized carbons (Fsp3) is 0.182. The molecular formula is C22H24FIN4O2. The third-order valence-electron chi connectivity index (χ3n) is 4.11. The van der Waals surface area contributed by atoms with E-state index in [9.17, 15) is 4.39 Å². The summed E-state index contributed by atoms with van der Waals surface area (Å²) in [5, 5.41) is 6.51. The fourth-order valence-corrected chi connectivity index (χ4v) is 2.57. The molecule has 3 rings (SSSR count). The van der Waals surface area contributed by atoms with Crippen LogP contribution in [0.5, 0.6) is 17.4 Å². The molecule has 0 bridgehead atoms. The van der Waals surface area contributed by atoms with E-state index in [1.54, 1.807) is 38.6 Å². The molecule has 1 aromatic heterocycles. The molecule has 0 unspecified atom stereocenters. The van der Waals surface area contributed by atoms with Gasteiger partial charge in [0.1, 0.15) is 17.3 Å². The Bertz CT molecular complexity index is 950. The zero-order valence-corrected chi connectivity index (χ0v) is 19.1. The van der Waals surface area contributed by atoms with Gasteiger partial charge in [-0.3, -0.25) is 4.99 Å². The maximum atomic E-state index is 12.9. The van der Waals surface area contributed by atoms with Gasteiger partial charge >= 0.3 is 0 Å². The molecule has 158 valence electrons. The second-order valence-electron chi connectivity index (χ2n) is 6.19. The number of aromatic nitrogens is 1. The molecule has 0 saturated carbocycles. The van der Waals surface area contributed by atoms with Crippen LogP contribution in [0.2, 0.25) is 0 Å². The lowest BCUT2D eigenvalue weighted by atomic mass is 10.2. The second kappa shape index (κ2) is 12.0. The van der Waals surface area contributed by atoms with E-state index in [1.807, 2.05) is 30.3 Å². The van der Waals surface area contributed by atoms with Crippen LogP contribution in [-0.2, 0) is 13.1 Å². The first-order chi connectivity index (χ1) is 14.2. The van der Waals surface area contributed by atoms with E-state index in [4.69, 9.17) is 9.47 Å². The van der Waals surface area contributed by atoms with E-state index < -0.39 is 0 Å². The fourth-order valence-electron chi connectivity index (χ4n) is 2.57. The van der Waals surface area contributed by atoms with Crippen molar-refractivity contribution in [3.05, 3.63) is 83.8 Å². The van der Waals surface area contributed by atoms with Crippen LogP contribution in [0.15, 0.2) is 71.9 Å². The minimum atomic E-state index is -0.305. The summed E-state index contributed by atoms with van der Waals surface area (Å²) < 4.78 is 23.8. The summed E-state index contributed by atoms with van der Waals surface area (Å²) in [6, 6.07) is 17.3. The maximum Gasteiger partial charge on any atom is 0.219 e. The van der Waals surface area contributed by atoms with Crippen molar-refractivity contribution in [2.45, 2.75) is 13.1 Å². The molecule has 0 aliphatic heterocycles. The average molecular weight is 522 g/mol. The van der Waals surface area contributed by atoms with Gasteiger partial charge in [-0.05, 0) is 47.5 Å². The van der Waals surface area contributed by atoms with Crippen LogP contribution in [0, 0.1) is 5.82 Å². The first-order valence-electron chi connectivity index (χ1n) is 9.12. The highest BCUT2D eigenvalue weighted by Gasteiger charge is 2.03. The smallest absolute Gasteiger partial charge is 0.219 e. The summed E-state index contributed by atoms with van der Waals surface area (Å²) in [6.45, 7) is 1.18. The van der Waals surface area contributed by atoms with Crippen LogP contribution in [0.4, 0.5) is 4.39 Å². The van der Waals surface area contributed by atoms with Crippen molar-refractivity contribution in [2.24, 2.45) is 4.99 Å². The predicted octanol–water partition coefficient (Wildman–Crippen LogP) is 4.50. The van der Waals surface area contributed by atoms with Crippen LogP contribution in [0.25, 0.3) is 0 Å². The van der Waals surface area contributed by atoms with E-state index >= 15 is 0 Å². The molecule has 0 amide bonds. The number of hydrogen-bond donors (Lipinski definition) is 2. The Morgan fingerprint density at radius 3 is 2.33 bits per heavy atom. The number of halogens is 2. The molecule has 8 heteroatoms. The van der Waals surface area contributed by atoms with E-state index in [-0.39, 0.29) is 29.8 Å². The van der Waals surface area contributed by atoms with Gasteiger partial charge in [0, 0.05) is 32.4 Å². The quantitative estimate of drug-likeness (QED) is 0.272. The Kier molecular flexibility index (Phi) is 9.33. The molecule has 6 nitrogen and oxygen atoms in total. The molecule has 0 aliphatic rings. The summed E-state index contributed by atoms with van der Waals surface area (Å²) in [5.74, 6) is 2.17. The monoisotopic (exact) mass is 522 g/mol. The Labute approximate surface area is 192 Å². The van der Waals surface area contributed by atoms with E-state index in [0.29, 0.717) is 30.7 Å². The SMILES string of the molecule is CN=C(NCc1ccc(Oc2ccc(F)cc2)nc1)NCc1cccc(OC)c1.I. The molecule has 1 heterocycles. The summed E-state index contributed by atoms with van der Waals surface area (Å²) in [4.78, 5) is 8.51. The molecule has 2 N–H and O–H groups in total. The Hall–Kier alpha value is -2.88. The number of guanidine groups is 1. The Balaban J connectivity index is 0.00000320. The number of benzene rings is 2. The number of aliphatic imine (C=N–C) groups is 1. The highest BCUT2D eigenvalue weighted by Crippen LogP contribution is 2.19. The van der Waals surface area contributed by atoms with E-state index in [0.717, 1.165) is 16.9 Å². The number of ether oxygens (including phenoxy) is 2.